The summed E-state index contributed by atoms with van der Waals surface area (Å²) in [5.41, 5.74) is 0. The van der Waals surface area contributed by atoms with Crippen molar-refractivity contribution in [1.82, 2.24) is 9.21 Å². The normalized spacial score (nSPS) is 37.6. The lowest BCUT2D eigenvalue weighted by molar-refractivity contribution is -0.0565. The number of sulfonamides is 1. The van der Waals surface area contributed by atoms with Crippen LogP contribution in [0.3, 0.4) is 0 Å². The van der Waals surface area contributed by atoms with Crippen molar-refractivity contribution in [1.29, 1.82) is 0 Å². The fourth-order valence-corrected chi connectivity index (χ4v) is 8.97. The van der Waals surface area contributed by atoms with Crippen LogP contribution in [0.4, 0.5) is 4.79 Å². The SMILES string of the molecule is CC1CCC2CC1CC(N1C3CCCC1CC(N(C(=O)O)S(=O)(=O)c1ccccc1)C3)C2. The van der Waals surface area contributed by atoms with Gasteiger partial charge in [0.2, 0.25) is 0 Å². The summed E-state index contributed by atoms with van der Waals surface area (Å²) in [4.78, 5) is 15.0. The van der Waals surface area contributed by atoms with Crippen molar-refractivity contribution in [2.45, 2.75) is 100 Å². The molecule has 0 spiro atoms. The average molecular weight is 461 g/mol. The molecule has 2 saturated heterocycles. The molecule has 4 bridgehead atoms. The Labute approximate surface area is 192 Å². The summed E-state index contributed by atoms with van der Waals surface area (Å²) in [6.07, 6.45) is 9.77. The van der Waals surface area contributed by atoms with Gasteiger partial charge in [0, 0.05) is 18.1 Å². The van der Waals surface area contributed by atoms with E-state index in [0.717, 1.165) is 41.3 Å². The topological polar surface area (TPSA) is 77.9 Å². The molecule has 4 aliphatic rings. The zero-order chi connectivity index (χ0) is 22.5. The molecule has 5 rings (SSSR count). The number of piperidine rings is 2. The molecule has 0 radical (unpaired) electrons. The van der Waals surface area contributed by atoms with Crippen LogP contribution in [0, 0.1) is 17.8 Å². The van der Waals surface area contributed by atoms with E-state index >= 15 is 0 Å². The van der Waals surface area contributed by atoms with E-state index in [9.17, 15) is 18.3 Å². The predicted octanol–water partition coefficient (Wildman–Crippen LogP) is 4.96. The third kappa shape index (κ3) is 3.96. The van der Waals surface area contributed by atoms with Gasteiger partial charge in [-0.25, -0.2) is 13.2 Å². The first-order chi connectivity index (χ1) is 15.3. The van der Waals surface area contributed by atoms with E-state index in [1.165, 1.54) is 44.2 Å². The van der Waals surface area contributed by atoms with Crippen molar-refractivity contribution < 1.29 is 18.3 Å². The lowest BCUT2D eigenvalue weighted by Gasteiger charge is -2.56. The molecule has 0 aromatic heterocycles. The van der Waals surface area contributed by atoms with Crippen molar-refractivity contribution in [3.8, 4) is 0 Å². The minimum atomic E-state index is -4.08. The van der Waals surface area contributed by atoms with E-state index in [2.05, 4.69) is 11.8 Å². The summed E-state index contributed by atoms with van der Waals surface area (Å²) in [5, 5.41) is 9.97. The Kier molecular flexibility index (Phi) is 5.99. The largest absolute Gasteiger partial charge is 0.464 e. The maximum absolute atomic E-state index is 13.3. The highest BCUT2D eigenvalue weighted by Crippen LogP contribution is 2.48. The van der Waals surface area contributed by atoms with Crippen LogP contribution in [0.5, 0.6) is 0 Å². The van der Waals surface area contributed by atoms with Gasteiger partial charge in [-0.15, -0.1) is 0 Å². The molecule has 1 N–H and O–H groups in total. The Morgan fingerprint density at radius 2 is 1.62 bits per heavy atom. The number of fused-ring (bicyclic) bond motifs is 4. The van der Waals surface area contributed by atoms with E-state index in [0.29, 0.717) is 31.0 Å². The number of amides is 1. The van der Waals surface area contributed by atoms with Crippen molar-refractivity contribution in [2.75, 3.05) is 0 Å². The van der Waals surface area contributed by atoms with Gasteiger partial charge in [0.25, 0.3) is 10.0 Å². The van der Waals surface area contributed by atoms with Gasteiger partial charge in [-0.2, -0.15) is 4.31 Å². The third-order valence-electron chi connectivity index (χ3n) is 8.90. The molecular formula is C25H36N2O4S. The molecule has 1 amide bonds. The van der Waals surface area contributed by atoms with Gasteiger partial charge in [0.05, 0.1) is 10.9 Å². The van der Waals surface area contributed by atoms with E-state index in [1.807, 2.05) is 0 Å². The molecule has 1 aromatic carbocycles. The summed E-state index contributed by atoms with van der Waals surface area (Å²) in [5.74, 6) is 2.47. The van der Waals surface area contributed by atoms with Crippen LogP contribution >= 0.6 is 0 Å². The highest BCUT2D eigenvalue weighted by atomic mass is 32.2. The first kappa shape index (κ1) is 22.2. The number of carboxylic acid groups (broad SMARTS) is 1. The Morgan fingerprint density at radius 3 is 2.28 bits per heavy atom. The first-order valence-corrected chi connectivity index (χ1v) is 13.9. The van der Waals surface area contributed by atoms with Crippen LogP contribution in [0.25, 0.3) is 0 Å². The highest BCUT2D eigenvalue weighted by molar-refractivity contribution is 7.89. The molecule has 6 unspecified atom stereocenters. The molecule has 6 nitrogen and oxygen atoms in total. The minimum absolute atomic E-state index is 0.0593. The molecule has 2 aliphatic heterocycles. The monoisotopic (exact) mass is 460 g/mol. The standard InChI is InChI=1S/C25H36N2O4S/c1-17-10-11-18-12-19(17)14-22(13-18)26-20-6-5-7-21(26)16-23(15-20)27(25(28)29)32(30,31)24-8-3-2-4-9-24/h2-4,8-9,17-23H,5-7,10-16H2,1H3,(H,28,29). The summed E-state index contributed by atoms with van der Waals surface area (Å²) in [7, 11) is -4.08. The second kappa shape index (κ2) is 8.64. The number of nitrogens with zero attached hydrogens (tertiary/aromatic N) is 2. The molecule has 32 heavy (non-hydrogen) atoms. The lowest BCUT2D eigenvalue weighted by Crippen LogP contribution is -2.62. The Hall–Kier alpha value is -1.60. The van der Waals surface area contributed by atoms with Gasteiger partial charge in [0.15, 0.2) is 0 Å². The van der Waals surface area contributed by atoms with E-state index < -0.39 is 22.2 Å². The predicted molar refractivity (Wildman–Crippen MR) is 123 cm³/mol. The van der Waals surface area contributed by atoms with Gasteiger partial charge in [-0.3, -0.25) is 4.90 Å². The van der Waals surface area contributed by atoms with Crippen LogP contribution in [-0.4, -0.2) is 53.0 Å². The van der Waals surface area contributed by atoms with Crippen LogP contribution in [0.1, 0.15) is 71.1 Å². The van der Waals surface area contributed by atoms with Crippen LogP contribution in [-0.2, 0) is 10.0 Å². The molecule has 1 aromatic rings. The van der Waals surface area contributed by atoms with Gasteiger partial charge >= 0.3 is 6.09 Å². The summed E-state index contributed by atoms with van der Waals surface area (Å²) in [6, 6.07) is 8.70. The zero-order valence-electron chi connectivity index (χ0n) is 19.0. The quantitative estimate of drug-likeness (QED) is 0.687. The second-order valence-corrected chi connectivity index (χ2v) is 12.6. The fraction of sp³-hybridized carbons (Fsp3) is 0.720. The van der Waals surface area contributed by atoms with E-state index in [-0.39, 0.29) is 4.90 Å². The summed E-state index contributed by atoms with van der Waals surface area (Å²) >= 11 is 0. The Morgan fingerprint density at radius 1 is 0.938 bits per heavy atom. The molecule has 2 heterocycles. The molecular weight excluding hydrogens is 424 g/mol. The number of carbonyl (C=O) groups is 1. The van der Waals surface area contributed by atoms with Crippen LogP contribution < -0.4 is 0 Å². The molecule has 2 saturated carbocycles. The second-order valence-electron chi connectivity index (χ2n) is 10.7. The molecule has 7 heteroatoms. The lowest BCUT2D eigenvalue weighted by atomic mass is 9.64. The average Bonchev–Trinajstić information content (AvgIpc) is 2.76. The highest BCUT2D eigenvalue weighted by Gasteiger charge is 2.49. The number of hydrogen-bond acceptors (Lipinski definition) is 4. The number of hydrogen-bond donors (Lipinski definition) is 1. The molecule has 176 valence electrons. The van der Waals surface area contributed by atoms with Gasteiger partial charge in [-0.1, -0.05) is 44.4 Å². The molecule has 6 atom stereocenters. The summed E-state index contributed by atoms with van der Waals surface area (Å²) < 4.78 is 27.3. The third-order valence-corrected chi connectivity index (χ3v) is 10.7. The maximum atomic E-state index is 13.3. The van der Waals surface area contributed by atoms with Crippen molar-refractivity contribution in [3.63, 3.8) is 0 Å². The van der Waals surface area contributed by atoms with Crippen LogP contribution in [0.2, 0.25) is 0 Å². The van der Waals surface area contributed by atoms with Crippen molar-refractivity contribution >= 4 is 16.1 Å². The maximum Gasteiger partial charge on any atom is 0.421 e. The van der Waals surface area contributed by atoms with Gasteiger partial charge in [0.1, 0.15) is 0 Å². The Balaban J connectivity index is 1.38. The molecule has 4 fully saturated rings. The van der Waals surface area contributed by atoms with Gasteiger partial charge < -0.3 is 5.11 Å². The van der Waals surface area contributed by atoms with Crippen molar-refractivity contribution in [3.05, 3.63) is 30.3 Å². The smallest absolute Gasteiger partial charge is 0.421 e. The molecule has 2 aliphatic carbocycles. The van der Waals surface area contributed by atoms with Crippen molar-refractivity contribution in [2.24, 2.45) is 17.8 Å². The van der Waals surface area contributed by atoms with E-state index in [4.69, 9.17) is 0 Å². The van der Waals surface area contributed by atoms with Gasteiger partial charge in [-0.05, 0) is 74.8 Å². The summed E-state index contributed by atoms with van der Waals surface area (Å²) in [6.45, 7) is 2.41. The first-order valence-electron chi connectivity index (χ1n) is 12.4. The Bertz CT molecular complexity index is 923. The van der Waals surface area contributed by atoms with Crippen LogP contribution in [0.15, 0.2) is 35.2 Å². The number of rotatable bonds is 4. The van der Waals surface area contributed by atoms with E-state index in [1.54, 1.807) is 18.2 Å². The number of benzene rings is 1. The minimum Gasteiger partial charge on any atom is -0.464 e. The fourth-order valence-electron chi connectivity index (χ4n) is 7.47. The zero-order valence-corrected chi connectivity index (χ0v) is 19.8.